The van der Waals surface area contributed by atoms with E-state index in [0.29, 0.717) is 17.5 Å². The third-order valence-corrected chi connectivity index (χ3v) is 3.05. The fourth-order valence-corrected chi connectivity index (χ4v) is 2.45. The summed E-state index contributed by atoms with van der Waals surface area (Å²) in [6, 6.07) is 2.81. The summed E-state index contributed by atoms with van der Waals surface area (Å²) in [4.78, 5) is 24.8. The second-order valence-corrected chi connectivity index (χ2v) is 4.96. The van der Waals surface area contributed by atoms with E-state index in [1.807, 2.05) is 4.90 Å². The van der Waals surface area contributed by atoms with Crippen molar-refractivity contribution in [1.82, 2.24) is 15.1 Å². The standard InChI is InChI=1S/C12H17N3O2/c1-8-5-9(2)7-15(6-8)12(17)10-3-4-11(16)14-13-10/h3-4,8-9H,5-7H2,1-2H3,(H,14,16)/t8-,9+. The Morgan fingerprint density at radius 1 is 1.35 bits per heavy atom. The van der Waals surface area contributed by atoms with Crippen LogP contribution in [0.3, 0.4) is 0 Å². The summed E-state index contributed by atoms with van der Waals surface area (Å²) in [5.41, 5.74) is 0.0211. The summed E-state index contributed by atoms with van der Waals surface area (Å²) < 4.78 is 0. The molecule has 5 heteroatoms. The minimum absolute atomic E-state index is 0.0975. The number of aromatic amines is 1. The van der Waals surface area contributed by atoms with E-state index in [2.05, 4.69) is 24.0 Å². The molecule has 0 aliphatic carbocycles. The molecule has 0 spiro atoms. The van der Waals surface area contributed by atoms with Crippen LogP contribution in [0, 0.1) is 11.8 Å². The van der Waals surface area contributed by atoms with E-state index in [4.69, 9.17) is 0 Å². The SMILES string of the molecule is C[C@@H]1C[C@H](C)CN(C(=O)c2ccc(=O)[nH]n2)C1. The first-order valence-electron chi connectivity index (χ1n) is 5.91. The van der Waals surface area contributed by atoms with Crippen LogP contribution in [-0.2, 0) is 0 Å². The number of carbonyl (C=O) groups is 1. The zero-order valence-corrected chi connectivity index (χ0v) is 10.1. The van der Waals surface area contributed by atoms with E-state index in [0.717, 1.165) is 19.5 Å². The number of H-pyrrole nitrogens is 1. The van der Waals surface area contributed by atoms with Crippen LogP contribution in [0.4, 0.5) is 0 Å². The number of nitrogens with one attached hydrogen (secondary N) is 1. The molecule has 1 amide bonds. The molecule has 2 atom stereocenters. The highest BCUT2D eigenvalue weighted by atomic mass is 16.2. The first kappa shape index (κ1) is 11.8. The summed E-state index contributed by atoms with van der Waals surface area (Å²) in [6.45, 7) is 5.83. The van der Waals surface area contributed by atoms with Gasteiger partial charge < -0.3 is 4.90 Å². The smallest absolute Gasteiger partial charge is 0.274 e. The molecule has 5 nitrogen and oxygen atoms in total. The molecule has 1 aromatic rings. The van der Waals surface area contributed by atoms with Crippen LogP contribution in [0.15, 0.2) is 16.9 Å². The van der Waals surface area contributed by atoms with Crippen molar-refractivity contribution in [3.05, 3.63) is 28.2 Å². The quantitative estimate of drug-likeness (QED) is 0.786. The largest absolute Gasteiger partial charge is 0.337 e. The monoisotopic (exact) mass is 235 g/mol. The average Bonchev–Trinajstić information content (AvgIpc) is 2.28. The second kappa shape index (κ2) is 4.69. The Morgan fingerprint density at radius 2 is 2.00 bits per heavy atom. The van der Waals surface area contributed by atoms with Gasteiger partial charge in [0.25, 0.3) is 11.5 Å². The average molecular weight is 235 g/mol. The van der Waals surface area contributed by atoms with E-state index in [-0.39, 0.29) is 11.5 Å². The maximum atomic E-state index is 12.1. The van der Waals surface area contributed by atoms with Crippen LogP contribution in [0.2, 0.25) is 0 Å². The Morgan fingerprint density at radius 3 is 2.53 bits per heavy atom. The number of amides is 1. The zero-order chi connectivity index (χ0) is 12.4. The van der Waals surface area contributed by atoms with Gasteiger partial charge in [-0.05, 0) is 24.3 Å². The van der Waals surface area contributed by atoms with Crippen molar-refractivity contribution in [1.29, 1.82) is 0 Å². The number of rotatable bonds is 1. The summed E-state index contributed by atoms with van der Waals surface area (Å²) in [5, 5.41) is 6.06. The van der Waals surface area contributed by atoms with E-state index in [1.165, 1.54) is 12.1 Å². The maximum absolute atomic E-state index is 12.1. The Labute approximate surface area is 99.8 Å². The summed E-state index contributed by atoms with van der Waals surface area (Å²) in [6.07, 6.45) is 1.16. The number of piperidine rings is 1. The number of likely N-dealkylation sites (tertiary alicyclic amines) is 1. The fraction of sp³-hybridized carbons (Fsp3) is 0.583. The lowest BCUT2D eigenvalue weighted by Crippen LogP contribution is -2.43. The van der Waals surface area contributed by atoms with Crippen LogP contribution in [0.1, 0.15) is 30.8 Å². The van der Waals surface area contributed by atoms with E-state index < -0.39 is 0 Å². The Bertz CT molecular complexity index is 439. The van der Waals surface area contributed by atoms with Gasteiger partial charge in [0.1, 0.15) is 5.69 Å². The molecule has 1 aliphatic rings. The topological polar surface area (TPSA) is 66.1 Å². The molecule has 17 heavy (non-hydrogen) atoms. The van der Waals surface area contributed by atoms with Gasteiger partial charge in [0.15, 0.2) is 0 Å². The molecule has 92 valence electrons. The molecular formula is C12H17N3O2. The second-order valence-electron chi connectivity index (χ2n) is 4.96. The van der Waals surface area contributed by atoms with Gasteiger partial charge in [-0.1, -0.05) is 13.8 Å². The molecule has 0 bridgehead atoms. The number of nitrogens with zero attached hydrogens (tertiary/aromatic N) is 2. The van der Waals surface area contributed by atoms with E-state index in [1.54, 1.807) is 0 Å². The van der Waals surface area contributed by atoms with Crippen molar-refractivity contribution in [2.75, 3.05) is 13.1 Å². The van der Waals surface area contributed by atoms with Crippen molar-refractivity contribution < 1.29 is 4.79 Å². The zero-order valence-electron chi connectivity index (χ0n) is 10.1. The lowest BCUT2D eigenvalue weighted by atomic mass is 9.92. The van der Waals surface area contributed by atoms with Crippen molar-refractivity contribution >= 4 is 5.91 Å². The first-order valence-corrected chi connectivity index (χ1v) is 5.91. The molecule has 1 saturated heterocycles. The Hall–Kier alpha value is -1.65. The molecule has 1 fully saturated rings. The van der Waals surface area contributed by atoms with Gasteiger partial charge in [-0.25, -0.2) is 5.10 Å². The minimum Gasteiger partial charge on any atom is -0.337 e. The van der Waals surface area contributed by atoms with Gasteiger partial charge in [0.05, 0.1) is 0 Å². The lowest BCUT2D eigenvalue weighted by molar-refractivity contribution is 0.0616. The molecule has 1 N–H and O–H groups in total. The molecule has 0 saturated carbocycles. The number of aromatic nitrogens is 2. The predicted octanol–water partition coefficient (Wildman–Crippen LogP) is 0.888. The normalized spacial score (nSPS) is 24.7. The number of carbonyl (C=O) groups excluding carboxylic acids is 1. The fourth-order valence-electron chi connectivity index (χ4n) is 2.45. The van der Waals surface area contributed by atoms with Gasteiger partial charge in [0.2, 0.25) is 0 Å². The summed E-state index contributed by atoms with van der Waals surface area (Å²) in [5.74, 6) is 0.940. The van der Waals surface area contributed by atoms with E-state index >= 15 is 0 Å². The highest BCUT2D eigenvalue weighted by molar-refractivity contribution is 5.92. The van der Waals surface area contributed by atoms with Gasteiger partial charge in [0, 0.05) is 19.2 Å². The summed E-state index contributed by atoms with van der Waals surface area (Å²) >= 11 is 0. The highest BCUT2D eigenvalue weighted by Gasteiger charge is 2.26. The van der Waals surface area contributed by atoms with Crippen LogP contribution < -0.4 is 5.56 Å². The van der Waals surface area contributed by atoms with Crippen molar-refractivity contribution in [3.8, 4) is 0 Å². The van der Waals surface area contributed by atoms with Gasteiger partial charge in [-0.15, -0.1) is 0 Å². The summed E-state index contributed by atoms with van der Waals surface area (Å²) in [7, 11) is 0. The van der Waals surface area contributed by atoms with Crippen molar-refractivity contribution in [2.45, 2.75) is 20.3 Å². The number of hydrogen-bond donors (Lipinski definition) is 1. The van der Waals surface area contributed by atoms with Gasteiger partial charge in [-0.3, -0.25) is 9.59 Å². The van der Waals surface area contributed by atoms with Crippen LogP contribution in [0.25, 0.3) is 0 Å². The minimum atomic E-state index is -0.290. The molecule has 2 rings (SSSR count). The van der Waals surface area contributed by atoms with Crippen LogP contribution in [-0.4, -0.2) is 34.1 Å². The molecule has 1 aromatic heterocycles. The van der Waals surface area contributed by atoms with Crippen LogP contribution >= 0.6 is 0 Å². The first-order chi connectivity index (χ1) is 8.06. The maximum Gasteiger partial charge on any atom is 0.274 e. The third kappa shape index (κ3) is 2.72. The molecule has 0 aromatic carbocycles. The molecule has 0 unspecified atom stereocenters. The molecule has 2 heterocycles. The van der Waals surface area contributed by atoms with Crippen molar-refractivity contribution in [3.63, 3.8) is 0 Å². The molecule has 1 aliphatic heterocycles. The third-order valence-electron chi connectivity index (χ3n) is 3.05. The molecule has 0 radical (unpaired) electrons. The number of hydrogen-bond acceptors (Lipinski definition) is 3. The van der Waals surface area contributed by atoms with Gasteiger partial charge in [-0.2, -0.15) is 5.10 Å². The van der Waals surface area contributed by atoms with E-state index in [9.17, 15) is 9.59 Å². The Balaban J connectivity index is 2.14. The Kier molecular flexibility index (Phi) is 3.26. The molecular weight excluding hydrogens is 218 g/mol. The highest BCUT2D eigenvalue weighted by Crippen LogP contribution is 2.21. The van der Waals surface area contributed by atoms with Gasteiger partial charge >= 0.3 is 0 Å². The lowest BCUT2D eigenvalue weighted by Gasteiger charge is -2.34. The van der Waals surface area contributed by atoms with Crippen molar-refractivity contribution in [2.24, 2.45) is 11.8 Å². The van der Waals surface area contributed by atoms with Crippen LogP contribution in [0.5, 0.6) is 0 Å². The predicted molar refractivity (Wildman–Crippen MR) is 63.7 cm³/mol.